The molecule has 35 heavy (non-hydrogen) atoms. The van der Waals surface area contributed by atoms with Crippen LogP contribution in [0.25, 0.3) is 0 Å². The molecule has 0 fully saturated rings. The molecule has 1 N–H and O–H groups in total. The van der Waals surface area contributed by atoms with Crippen LogP contribution in [0.2, 0.25) is 5.02 Å². The summed E-state index contributed by atoms with van der Waals surface area (Å²) < 4.78 is 10.2. The number of aliphatic imine (C=N–C) groups is 1. The van der Waals surface area contributed by atoms with E-state index in [1.165, 1.54) is 7.11 Å². The van der Waals surface area contributed by atoms with Crippen LogP contribution < -0.4 is 5.32 Å². The minimum Gasteiger partial charge on any atom is -0.467 e. The number of Topliss-reactive ketones (excluding diaryl/α,β-unsaturated/α-hetero) is 1. The first-order chi connectivity index (χ1) is 16.6. The van der Waals surface area contributed by atoms with Gasteiger partial charge in [-0.1, -0.05) is 54.1 Å². The van der Waals surface area contributed by atoms with Crippen molar-refractivity contribution >= 4 is 40.8 Å². The Bertz CT molecular complexity index is 1150. The third-order valence-corrected chi connectivity index (χ3v) is 5.51. The molecule has 2 atom stereocenters. The van der Waals surface area contributed by atoms with Crippen molar-refractivity contribution in [2.75, 3.05) is 12.4 Å². The fourth-order valence-corrected chi connectivity index (χ4v) is 3.92. The second kappa shape index (κ2) is 11.3. The lowest BCUT2D eigenvalue weighted by atomic mass is 9.85. The maximum absolute atomic E-state index is 13.7. The lowest BCUT2D eigenvalue weighted by molar-refractivity contribution is -0.142. The molecule has 0 bridgehead atoms. The number of halogens is 1. The standard InChI is InChI=1S/C27H29ClN2O5/c1-27(2,3)35-26(33)30-23-15-18(28)13-14-20(23)21(24(31)17-9-6-5-7-10-17)16-19-11-8-12-22(29-19)25(32)34-4/h5-11,13-15,21-22H,12,16H2,1-4H3,(H,30,33). The smallest absolute Gasteiger partial charge is 0.412 e. The van der Waals surface area contributed by atoms with Gasteiger partial charge in [0.05, 0.1) is 13.0 Å². The number of ketones is 1. The van der Waals surface area contributed by atoms with E-state index in [0.29, 0.717) is 34.0 Å². The van der Waals surface area contributed by atoms with Crippen molar-refractivity contribution in [2.24, 2.45) is 4.99 Å². The highest BCUT2D eigenvalue weighted by molar-refractivity contribution is 6.31. The van der Waals surface area contributed by atoms with Gasteiger partial charge in [-0.15, -0.1) is 0 Å². The highest BCUT2D eigenvalue weighted by Crippen LogP contribution is 2.34. The van der Waals surface area contributed by atoms with Crippen molar-refractivity contribution in [3.63, 3.8) is 0 Å². The summed E-state index contributed by atoms with van der Waals surface area (Å²) in [5.74, 6) is -1.30. The lowest BCUT2D eigenvalue weighted by Gasteiger charge is -2.24. The molecule has 7 nitrogen and oxygen atoms in total. The zero-order chi connectivity index (χ0) is 25.6. The molecule has 1 aliphatic rings. The summed E-state index contributed by atoms with van der Waals surface area (Å²) in [5.41, 5.74) is 1.32. The number of allylic oxidation sites excluding steroid dienone is 1. The molecule has 0 aliphatic carbocycles. The molecule has 1 amide bonds. The van der Waals surface area contributed by atoms with E-state index >= 15 is 0 Å². The van der Waals surface area contributed by atoms with Crippen LogP contribution in [0.3, 0.4) is 0 Å². The van der Waals surface area contributed by atoms with Gasteiger partial charge in [0, 0.05) is 28.4 Å². The van der Waals surface area contributed by atoms with Crippen LogP contribution in [-0.2, 0) is 14.3 Å². The fourth-order valence-electron chi connectivity index (χ4n) is 3.75. The molecule has 0 spiro atoms. The topological polar surface area (TPSA) is 94.1 Å². The van der Waals surface area contributed by atoms with Gasteiger partial charge in [-0.25, -0.2) is 9.59 Å². The van der Waals surface area contributed by atoms with Crippen molar-refractivity contribution in [1.29, 1.82) is 0 Å². The number of dihydropyridines is 1. The molecule has 0 saturated heterocycles. The Balaban J connectivity index is 2.02. The summed E-state index contributed by atoms with van der Waals surface area (Å²) in [7, 11) is 1.32. The van der Waals surface area contributed by atoms with E-state index in [1.54, 1.807) is 63.2 Å². The number of carbonyl (C=O) groups is 3. The predicted octanol–water partition coefficient (Wildman–Crippen LogP) is 5.99. The molecule has 0 radical (unpaired) electrons. The number of nitrogens with one attached hydrogen (secondary N) is 1. The Labute approximate surface area is 210 Å². The van der Waals surface area contributed by atoms with Gasteiger partial charge in [0.1, 0.15) is 5.60 Å². The van der Waals surface area contributed by atoms with E-state index < -0.39 is 29.6 Å². The second-order valence-corrected chi connectivity index (χ2v) is 9.58. The summed E-state index contributed by atoms with van der Waals surface area (Å²) in [6.45, 7) is 5.29. The van der Waals surface area contributed by atoms with Crippen molar-refractivity contribution in [3.05, 3.63) is 76.8 Å². The zero-order valence-corrected chi connectivity index (χ0v) is 21.0. The number of ether oxygens (including phenoxy) is 2. The van der Waals surface area contributed by atoms with Gasteiger partial charge in [-0.2, -0.15) is 0 Å². The van der Waals surface area contributed by atoms with Crippen LogP contribution in [0.15, 0.2) is 65.7 Å². The number of hydrogen-bond donors (Lipinski definition) is 1. The van der Waals surface area contributed by atoms with Crippen molar-refractivity contribution in [3.8, 4) is 0 Å². The van der Waals surface area contributed by atoms with Gasteiger partial charge < -0.3 is 9.47 Å². The molecule has 1 heterocycles. The summed E-state index contributed by atoms with van der Waals surface area (Å²) >= 11 is 6.23. The van der Waals surface area contributed by atoms with Gasteiger partial charge in [-0.05, 0) is 51.0 Å². The highest BCUT2D eigenvalue weighted by Gasteiger charge is 2.29. The third kappa shape index (κ3) is 7.26. The van der Waals surface area contributed by atoms with Crippen LogP contribution in [0.5, 0.6) is 0 Å². The lowest BCUT2D eigenvalue weighted by Crippen LogP contribution is -2.28. The van der Waals surface area contributed by atoms with E-state index in [1.807, 2.05) is 18.2 Å². The normalized spacial score (nSPS) is 16.1. The minimum atomic E-state index is -0.709. The quantitative estimate of drug-likeness (QED) is 0.375. The number of benzene rings is 2. The predicted molar refractivity (Wildman–Crippen MR) is 136 cm³/mol. The molecule has 1 aliphatic heterocycles. The highest BCUT2D eigenvalue weighted by atomic mass is 35.5. The van der Waals surface area contributed by atoms with E-state index in [0.717, 1.165) is 0 Å². The molecule has 184 valence electrons. The summed E-state index contributed by atoms with van der Waals surface area (Å²) in [4.78, 5) is 42.8. The van der Waals surface area contributed by atoms with Crippen molar-refractivity contribution < 1.29 is 23.9 Å². The van der Waals surface area contributed by atoms with Gasteiger partial charge in [0.25, 0.3) is 0 Å². The first-order valence-corrected chi connectivity index (χ1v) is 11.6. The molecule has 0 saturated carbocycles. The first-order valence-electron chi connectivity index (χ1n) is 11.3. The number of carbonyl (C=O) groups excluding carboxylic acids is 3. The SMILES string of the molecule is COC(=O)C1CC=CC(CC(C(=O)c2ccccc2)c2ccc(Cl)cc2NC(=O)OC(C)(C)C)=N1. The fraction of sp³-hybridized carbons (Fsp3) is 0.333. The molecule has 2 aromatic carbocycles. The summed E-state index contributed by atoms with van der Waals surface area (Å²) in [6.07, 6.45) is 3.63. The molecular formula is C27H29ClN2O5. The number of hydrogen-bond acceptors (Lipinski definition) is 6. The third-order valence-electron chi connectivity index (χ3n) is 5.28. The average Bonchev–Trinajstić information content (AvgIpc) is 2.81. The molecular weight excluding hydrogens is 468 g/mol. The van der Waals surface area contributed by atoms with E-state index in [-0.39, 0.29) is 12.2 Å². The zero-order valence-electron chi connectivity index (χ0n) is 20.2. The molecule has 0 aromatic heterocycles. The molecule has 3 rings (SSSR count). The monoisotopic (exact) mass is 496 g/mol. The number of esters is 1. The Morgan fingerprint density at radius 3 is 2.51 bits per heavy atom. The number of amides is 1. The number of rotatable bonds is 7. The van der Waals surface area contributed by atoms with Crippen molar-refractivity contribution in [1.82, 2.24) is 0 Å². The van der Waals surface area contributed by atoms with Gasteiger partial charge in [-0.3, -0.25) is 15.1 Å². The van der Waals surface area contributed by atoms with Crippen LogP contribution in [0.4, 0.5) is 10.5 Å². The van der Waals surface area contributed by atoms with Crippen LogP contribution >= 0.6 is 11.6 Å². The Kier molecular flexibility index (Phi) is 8.46. The van der Waals surface area contributed by atoms with Gasteiger partial charge in [0.15, 0.2) is 11.8 Å². The maximum atomic E-state index is 13.7. The van der Waals surface area contributed by atoms with E-state index in [9.17, 15) is 14.4 Å². The van der Waals surface area contributed by atoms with Crippen molar-refractivity contribution in [2.45, 2.75) is 51.2 Å². The van der Waals surface area contributed by atoms with Crippen LogP contribution in [-0.4, -0.2) is 42.3 Å². The van der Waals surface area contributed by atoms with Gasteiger partial charge >= 0.3 is 12.1 Å². The largest absolute Gasteiger partial charge is 0.467 e. The molecule has 2 aromatic rings. The van der Waals surface area contributed by atoms with E-state index in [4.69, 9.17) is 21.1 Å². The summed E-state index contributed by atoms with van der Waals surface area (Å²) in [6, 6.07) is 13.2. The van der Waals surface area contributed by atoms with Crippen LogP contribution in [0, 0.1) is 0 Å². The second-order valence-electron chi connectivity index (χ2n) is 9.14. The number of anilines is 1. The summed E-state index contributed by atoms with van der Waals surface area (Å²) in [5, 5.41) is 3.13. The number of methoxy groups -OCH3 is 1. The average molecular weight is 497 g/mol. The first kappa shape index (κ1) is 26.2. The molecule has 2 unspecified atom stereocenters. The Morgan fingerprint density at radius 2 is 1.86 bits per heavy atom. The van der Waals surface area contributed by atoms with E-state index in [2.05, 4.69) is 10.3 Å². The Hall–Kier alpha value is -3.45. The van der Waals surface area contributed by atoms with Gasteiger partial charge in [0.2, 0.25) is 0 Å². The minimum absolute atomic E-state index is 0.156. The van der Waals surface area contributed by atoms with Crippen LogP contribution in [0.1, 0.15) is 55.5 Å². The Morgan fingerprint density at radius 1 is 1.14 bits per heavy atom. The maximum Gasteiger partial charge on any atom is 0.412 e. The molecule has 8 heteroatoms. The number of nitrogens with zero attached hydrogens (tertiary/aromatic N) is 1.